The van der Waals surface area contributed by atoms with Crippen LogP contribution in [0.1, 0.15) is 20.8 Å². The summed E-state index contributed by atoms with van der Waals surface area (Å²) in [5, 5.41) is 11.2. The van der Waals surface area contributed by atoms with Gasteiger partial charge in [0.15, 0.2) is 0 Å². The molecule has 0 atom stereocenters. The molecule has 0 spiro atoms. The van der Waals surface area contributed by atoms with Gasteiger partial charge in [-0.25, -0.2) is 4.39 Å². The lowest BCUT2D eigenvalue weighted by atomic mass is 9.93. The molecule has 0 aliphatic carbocycles. The number of nitrogens with zero attached hydrogens (tertiary/aromatic N) is 2. The zero-order chi connectivity index (χ0) is 15.5. The zero-order valence-electron chi connectivity index (χ0n) is 11.8. The summed E-state index contributed by atoms with van der Waals surface area (Å²) in [7, 11) is 0. The first-order valence-electron chi connectivity index (χ1n) is 6.30. The summed E-state index contributed by atoms with van der Waals surface area (Å²) < 4.78 is 13.8. The lowest BCUT2D eigenvalue weighted by Crippen LogP contribution is -2.39. The average molecular weight is 348 g/mol. The van der Waals surface area contributed by atoms with Crippen molar-refractivity contribution < 1.29 is 9.31 Å². The largest absolute Gasteiger partial charge is 0.366 e. The third kappa shape index (κ3) is 3.89. The topological polar surface area (TPSA) is 72.4 Å². The summed E-state index contributed by atoms with van der Waals surface area (Å²) in [6, 6.07) is 2.39. The first kappa shape index (κ1) is 16.8. The average Bonchev–Trinajstić information content (AvgIpc) is 2.38. The van der Waals surface area contributed by atoms with Crippen LogP contribution < -0.4 is 10.6 Å². The Bertz CT molecular complexity index is 509. The summed E-state index contributed by atoms with van der Waals surface area (Å²) in [6.45, 7) is 7.30. The van der Waals surface area contributed by atoms with Gasteiger partial charge in [-0.15, -0.1) is 0 Å². The predicted octanol–water partition coefficient (Wildman–Crippen LogP) is 3.31. The van der Waals surface area contributed by atoms with E-state index >= 15 is 0 Å². The molecule has 1 aromatic rings. The van der Waals surface area contributed by atoms with Crippen LogP contribution >= 0.6 is 15.9 Å². The summed E-state index contributed by atoms with van der Waals surface area (Å²) in [5.41, 5.74) is 5.64. The van der Waals surface area contributed by atoms with Gasteiger partial charge < -0.3 is 10.6 Å². The molecule has 5 nitrogen and oxygen atoms in total. The standard InChI is InChI=1S/C13H19BrFN3O2/c1-4-17(8-13(2,3)7-16)11-6-10(15)9(14)5-12(11)18(19)20/h5-6H,4,7-8,16H2,1-3H3. The van der Waals surface area contributed by atoms with Crippen molar-refractivity contribution in [3.8, 4) is 0 Å². The van der Waals surface area contributed by atoms with E-state index in [1.54, 1.807) is 4.90 Å². The highest BCUT2D eigenvalue weighted by Gasteiger charge is 2.26. The van der Waals surface area contributed by atoms with E-state index in [0.717, 1.165) is 0 Å². The Balaban J connectivity index is 3.27. The fourth-order valence-electron chi connectivity index (χ4n) is 1.87. The minimum Gasteiger partial charge on any atom is -0.366 e. The number of hydrogen-bond acceptors (Lipinski definition) is 4. The van der Waals surface area contributed by atoms with Gasteiger partial charge in [0.25, 0.3) is 5.69 Å². The van der Waals surface area contributed by atoms with E-state index in [2.05, 4.69) is 15.9 Å². The maximum Gasteiger partial charge on any atom is 0.293 e. The molecule has 0 aliphatic rings. The predicted molar refractivity (Wildman–Crippen MR) is 81.5 cm³/mol. The molecule has 20 heavy (non-hydrogen) atoms. The summed E-state index contributed by atoms with van der Waals surface area (Å²) in [5.74, 6) is -0.519. The third-order valence-electron chi connectivity index (χ3n) is 3.11. The van der Waals surface area contributed by atoms with Gasteiger partial charge in [-0.1, -0.05) is 13.8 Å². The van der Waals surface area contributed by atoms with Gasteiger partial charge in [0.1, 0.15) is 11.5 Å². The van der Waals surface area contributed by atoms with E-state index in [9.17, 15) is 14.5 Å². The number of benzene rings is 1. The van der Waals surface area contributed by atoms with Crippen LogP contribution in [0.2, 0.25) is 0 Å². The lowest BCUT2D eigenvalue weighted by Gasteiger charge is -2.32. The second kappa shape index (κ2) is 6.49. The van der Waals surface area contributed by atoms with Gasteiger partial charge in [-0.3, -0.25) is 10.1 Å². The maximum absolute atomic E-state index is 13.7. The van der Waals surface area contributed by atoms with Gasteiger partial charge in [-0.2, -0.15) is 0 Å². The fraction of sp³-hybridized carbons (Fsp3) is 0.538. The van der Waals surface area contributed by atoms with Crippen molar-refractivity contribution in [3.05, 3.63) is 32.5 Å². The maximum atomic E-state index is 13.7. The van der Waals surface area contributed by atoms with Gasteiger partial charge in [0.2, 0.25) is 0 Å². The first-order valence-corrected chi connectivity index (χ1v) is 7.09. The highest BCUT2D eigenvalue weighted by molar-refractivity contribution is 9.10. The Kier molecular flexibility index (Phi) is 5.47. The summed E-state index contributed by atoms with van der Waals surface area (Å²) in [4.78, 5) is 12.4. The Morgan fingerprint density at radius 2 is 2.10 bits per heavy atom. The quantitative estimate of drug-likeness (QED) is 0.632. The molecule has 0 fully saturated rings. The number of nitro groups is 1. The van der Waals surface area contributed by atoms with Crippen molar-refractivity contribution in [1.82, 2.24) is 0 Å². The van der Waals surface area contributed by atoms with Crippen LogP contribution in [-0.2, 0) is 0 Å². The van der Waals surface area contributed by atoms with Crippen molar-refractivity contribution in [2.75, 3.05) is 24.5 Å². The summed E-state index contributed by atoms with van der Waals surface area (Å²) in [6.07, 6.45) is 0. The van der Waals surface area contributed by atoms with E-state index in [4.69, 9.17) is 5.73 Å². The number of nitrogens with two attached hydrogens (primary N) is 1. The Labute approximate surface area is 126 Å². The number of anilines is 1. The van der Waals surface area contributed by atoms with E-state index in [-0.39, 0.29) is 21.3 Å². The molecule has 0 bridgehead atoms. The van der Waals surface area contributed by atoms with Crippen LogP contribution in [0.5, 0.6) is 0 Å². The normalized spacial score (nSPS) is 11.5. The van der Waals surface area contributed by atoms with Crippen LogP contribution in [0.4, 0.5) is 15.8 Å². The molecule has 1 aromatic carbocycles. The Hall–Kier alpha value is -1.21. The minimum absolute atomic E-state index is 0.0853. The summed E-state index contributed by atoms with van der Waals surface area (Å²) >= 11 is 2.98. The number of hydrogen-bond donors (Lipinski definition) is 1. The molecule has 7 heteroatoms. The van der Waals surface area contributed by atoms with E-state index in [1.807, 2.05) is 20.8 Å². The van der Waals surface area contributed by atoms with Crippen LogP contribution in [0, 0.1) is 21.3 Å². The number of nitro benzene ring substituents is 1. The van der Waals surface area contributed by atoms with Crippen molar-refractivity contribution >= 4 is 27.3 Å². The van der Waals surface area contributed by atoms with E-state index < -0.39 is 10.7 Å². The molecule has 112 valence electrons. The van der Waals surface area contributed by atoms with E-state index in [1.165, 1.54) is 12.1 Å². The highest BCUT2D eigenvalue weighted by atomic mass is 79.9. The molecule has 0 aromatic heterocycles. The van der Waals surface area contributed by atoms with Crippen molar-refractivity contribution in [2.45, 2.75) is 20.8 Å². The molecule has 2 N–H and O–H groups in total. The molecular weight excluding hydrogens is 329 g/mol. The smallest absolute Gasteiger partial charge is 0.293 e. The Morgan fingerprint density at radius 3 is 2.55 bits per heavy atom. The fourth-order valence-corrected chi connectivity index (χ4v) is 2.21. The van der Waals surface area contributed by atoms with E-state index in [0.29, 0.717) is 19.6 Å². The Morgan fingerprint density at radius 1 is 1.50 bits per heavy atom. The lowest BCUT2D eigenvalue weighted by molar-refractivity contribution is -0.384. The molecule has 0 saturated carbocycles. The third-order valence-corrected chi connectivity index (χ3v) is 3.72. The van der Waals surface area contributed by atoms with Crippen LogP contribution in [0.3, 0.4) is 0 Å². The van der Waals surface area contributed by atoms with Gasteiger partial charge in [0.05, 0.1) is 9.40 Å². The van der Waals surface area contributed by atoms with Crippen LogP contribution in [0.25, 0.3) is 0 Å². The minimum atomic E-state index is -0.519. The van der Waals surface area contributed by atoms with Crippen molar-refractivity contribution in [1.29, 1.82) is 0 Å². The zero-order valence-corrected chi connectivity index (χ0v) is 13.4. The number of halogens is 2. The van der Waals surface area contributed by atoms with Gasteiger partial charge >= 0.3 is 0 Å². The first-order chi connectivity index (χ1) is 9.21. The second-order valence-electron chi connectivity index (χ2n) is 5.39. The molecule has 0 aliphatic heterocycles. The van der Waals surface area contributed by atoms with Gasteiger partial charge in [0, 0.05) is 25.2 Å². The molecular formula is C13H19BrFN3O2. The molecule has 0 unspecified atom stereocenters. The number of rotatable bonds is 6. The monoisotopic (exact) mass is 347 g/mol. The second-order valence-corrected chi connectivity index (χ2v) is 6.25. The molecule has 1 rings (SSSR count). The molecule has 0 radical (unpaired) electrons. The highest BCUT2D eigenvalue weighted by Crippen LogP contribution is 2.34. The SMILES string of the molecule is CCN(CC(C)(C)CN)c1cc(F)c(Br)cc1[N+](=O)[O-]. The van der Waals surface area contributed by atoms with Gasteiger partial charge in [-0.05, 0) is 34.8 Å². The van der Waals surface area contributed by atoms with Crippen molar-refractivity contribution in [3.63, 3.8) is 0 Å². The molecule has 0 heterocycles. The molecule has 0 amide bonds. The molecule has 0 saturated heterocycles. The van der Waals surface area contributed by atoms with Crippen molar-refractivity contribution in [2.24, 2.45) is 11.1 Å². The van der Waals surface area contributed by atoms with Crippen LogP contribution in [-0.4, -0.2) is 24.6 Å². The van der Waals surface area contributed by atoms with Crippen LogP contribution in [0.15, 0.2) is 16.6 Å².